The van der Waals surface area contributed by atoms with Crippen molar-refractivity contribution in [1.82, 2.24) is 29.9 Å². The number of aryl methyl sites for hydroxylation is 1. The Bertz CT molecular complexity index is 1280. The van der Waals surface area contributed by atoms with E-state index in [1.807, 2.05) is 5.21 Å². The Hall–Kier alpha value is -4.02. The lowest BCUT2D eigenvalue weighted by Crippen LogP contribution is -2.07. The number of alkyl halides is 3. The fraction of sp³-hybridized carbons (Fsp3) is 0.143. The molecule has 32 heavy (non-hydrogen) atoms. The van der Waals surface area contributed by atoms with Crippen molar-refractivity contribution in [2.75, 3.05) is 6.61 Å². The average molecular weight is 444 g/mol. The van der Waals surface area contributed by atoms with Gasteiger partial charge in [-0.2, -0.15) is 28.6 Å². The van der Waals surface area contributed by atoms with E-state index < -0.39 is 17.7 Å². The van der Waals surface area contributed by atoms with Crippen molar-refractivity contribution in [3.05, 3.63) is 67.0 Å². The molecule has 0 unspecified atom stereocenters. The molecule has 0 saturated carbocycles. The second-order valence-electron chi connectivity index (χ2n) is 6.74. The maximum Gasteiger partial charge on any atom is 0.437 e. The van der Waals surface area contributed by atoms with E-state index in [4.69, 9.17) is 4.74 Å². The number of pyridine rings is 1. The molecule has 0 saturated heterocycles. The Kier molecular flexibility index (Phi) is 5.47. The lowest BCUT2D eigenvalue weighted by molar-refractivity contribution is -0.140. The summed E-state index contributed by atoms with van der Waals surface area (Å²) < 4.78 is 60.9. The highest BCUT2D eigenvalue weighted by Gasteiger charge is 2.38. The van der Waals surface area contributed by atoms with Gasteiger partial charge in [0.05, 0.1) is 17.7 Å². The standard InChI is InChI=1S/C21H16F4N6O/c1-3-8-32-16-10-13(22)4-5-14(16)19-18(27-11-31(19)2)15-9-12(6-7-26-15)17-20(21(23,24)25)29-30-28-17/h3-7,9-11H,1,8H2,2H3,(H,28,29,30). The first kappa shape index (κ1) is 21.2. The Morgan fingerprint density at radius 1 is 1.12 bits per heavy atom. The molecule has 0 aliphatic carbocycles. The minimum absolute atomic E-state index is 0.156. The minimum atomic E-state index is -4.67. The molecule has 0 bridgehead atoms. The topological polar surface area (TPSA) is 81.5 Å². The molecule has 7 nitrogen and oxygen atoms in total. The minimum Gasteiger partial charge on any atom is -0.489 e. The Morgan fingerprint density at radius 3 is 2.69 bits per heavy atom. The summed E-state index contributed by atoms with van der Waals surface area (Å²) in [6.07, 6.45) is -0.262. The summed E-state index contributed by atoms with van der Waals surface area (Å²) in [7, 11) is 1.73. The summed E-state index contributed by atoms with van der Waals surface area (Å²) in [5.41, 5.74) is 0.437. The summed E-state index contributed by atoms with van der Waals surface area (Å²) in [6.45, 7) is 3.75. The average Bonchev–Trinajstić information content (AvgIpc) is 3.40. The van der Waals surface area contributed by atoms with Crippen molar-refractivity contribution in [3.8, 4) is 39.7 Å². The molecule has 0 amide bonds. The molecule has 1 N–H and O–H groups in total. The maximum atomic E-state index is 13.8. The zero-order valence-electron chi connectivity index (χ0n) is 16.7. The van der Waals surface area contributed by atoms with Crippen molar-refractivity contribution < 1.29 is 22.3 Å². The van der Waals surface area contributed by atoms with Gasteiger partial charge in [-0.3, -0.25) is 4.98 Å². The summed E-state index contributed by atoms with van der Waals surface area (Å²) in [4.78, 5) is 8.64. The van der Waals surface area contributed by atoms with E-state index in [9.17, 15) is 17.6 Å². The van der Waals surface area contributed by atoms with Crippen molar-refractivity contribution in [2.24, 2.45) is 7.05 Å². The first-order chi connectivity index (χ1) is 15.3. The van der Waals surface area contributed by atoms with Gasteiger partial charge in [0, 0.05) is 30.4 Å². The van der Waals surface area contributed by atoms with Crippen molar-refractivity contribution in [1.29, 1.82) is 0 Å². The van der Waals surface area contributed by atoms with Gasteiger partial charge in [-0.15, -0.1) is 0 Å². The number of halogens is 4. The fourth-order valence-corrected chi connectivity index (χ4v) is 3.23. The monoisotopic (exact) mass is 444 g/mol. The molecule has 0 fully saturated rings. The van der Waals surface area contributed by atoms with Crippen LogP contribution in [0.25, 0.3) is 33.9 Å². The third-order valence-corrected chi connectivity index (χ3v) is 4.58. The number of nitrogens with zero attached hydrogens (tertiary/aromatic N) is 5. The van der Waals surface area contributed by atoms with E-state index >= 15 is 0 Å². The van der Waals surface area contributed by atoms with Crippen LogP contribution in [0.2, 0.25) is 0 Å². The first-order valence-electron chi connectivity index (χ1n) is 9.29. The SMILES string of the molecule is C=CCOc1cc(F)ccc1-c1c(-c2cc(-c3n[nH]nc3C(F)(F)F)ccn2)ncn1C. The second-order valence-corrected chi connectivity index (χ2v) is 6.74. The number of ether oxygens (including phenoxy) is 1. The van der Waals surface area contributed by atoms with E-state index in [1.54, 1.807) is 11.6 Å². The summed E-state index contributed by atoms with van der Waals surface area (Å²) in [6, 6.07) is 6.89. The maximum absolute atomic E-state index is 13.8. The van der Waals surface area contributed by atoms with Crippen LogP contribution in [0.15, 0.2) is 55.5 Å². The largest absolute Gasteiger partial charge is 0.489 e. The van der Waals surface area contributed by atoms with Gasteiger partial charge < -0.3 is 9.30 Å². The molecule has 0 aliphatic rings. The number of H-pyrrole nitrogens is 1. The zero-order chi connectivity index (χ0) is 22.9. The highest BCUT2D eigenvalue weighted by atomic mass is 19.4. The van der Waals surface area contributed by atoms with Crippen molar-refractivity contribution in [2.45, 2.75) is 6.18 Å². The molecule has 0 aliphatic heterocycles. The van der Waals surface area contributed by atoms with Gasteiger partial charge in [-0.25, -0.2) is 9.37 Å². The fourth-order valence-electron chi connectivity index (χ4n) is 3.23. The Morgan fingerprint density at radius 2 is 1.94 bits per heavy atom. The molecule has 0 radical (unpaired) electrons. The molecule has 0 spiro atoms. The van der Waals surface area contributed by atoms with E-state index in [0.717, 1.165) is 0 Å². The number of hydrogen-bond acceptors (Lipinski definition) is 5. The molecule has 4 aromatic rings. The third kappa shape index (κ3) is 3.96. The second kappa shape index (κ2) is 8.25. The smallest absolute Gasteiger partial charge is 0.437 e. The molecule has 1 aromatic carbocycles. The Balaban J connectivity index is 1.83. The zero-order valence-corrected chi connectivity index (χ0v) is 16.7. The van der Waals surface area contributed by atoms with Gasteiger partial charge in [0.15, 0.2) is 5.69 Å². The van der Waals surface area contributed by atoms with Gasteiger partial charge in [-0.1, -0.05) is 12.7 Å². The van der Waals surface area contributed by atoms with Crippen LogP contribution in [0, 0.1) is 5.82 Å². The van der Waals surface area contributed by atoms with Crippen LogP contribution in [-0.4, -0.2) is 36.6 Å². The molecule has 4 rings (SSSR count). The van der Waals surface area contributed by atoms with Crippen molar-refractivity contribution in [3.63, 3.8) is 0 Å². The van der Waals surface area contributed by atoms with E-state index in [1.165, 1.54) is 48.9 Å². The van der Waals surface area contributed by atoms with Crippen LogP contribution in [-0.2, 0) is 13.2 Å². The quantitative estimate of drug-likeness (QED) is 0.346. The van der Waals surface area contributed by atoms with Crippen molar-refractivity contribution >= 4 is 0 Å². The lowest BCUT2D eigenvalue weighted by atomic mass is 10.0. The van der Waals surface area contributed by atoms with Gasteiger partial charge in [0.1, 0.15) is 29.6 Å². The first-order valence-corrected chi connectivity index (χ1v) is 9.29. The normalized spacial score (nSPS) is 11.5. The lowest BCUT2D eigenvalue weighted by Gasteiger charge is -2.13. The molecular weight excluding hydrogens is 428 g/mol. The van der Waals surface area contributed by atoms with Crippen LogP contribution >= 0.6 is 0 Å². The van der Waals surface area contributed by atoms with Gasteiger partial charge in [-0.05, 0) is 24.3 Å². The molecule has 3 aromatic heterocycles. The number of hydrogen-bond donors (Lipinski definition) is 1. The molecule has 0 atom stereocenters. The van der Waals surface area contributed by atoms with Gasteiger partial charge in [0.2, 0.25) is 0 Å². The van der Waals surface area contributed by atoms with Crippen LogP contribution in [0.3, 0.4) is 0 Å². The number of aromatic amines is 1. The number of benzene rings is 1. The molecule has 3 heterocycles. The number of imidazole rings is 1. The predicted octanol–water partition coefficient (Wildman–Crippen LogP) is 4.66. The number of rotatable bonds is 6. The van der Waals surface area contributed by atoms with Crippen LogP contribution in [0.1, 0.15) is 5.69 Å². The highest BCUT2D eigenvalue weighted by molar-refractivity contribution is 5.82. The Labute approximate surface area is 179 Å². The van der Waals surface area contributed by atoms with Gasteiger partial charge >= 0.3 is 6.18 Å². The number of nitrogens with one attached hydrogen (secondary N) is 1. The van der Waals surface area contributed by atoms with Crippen LogP contribution < -0.4 is 4.74 Å². The van der Waals surface area contributed by atoms with E-state index in [2.05, 4.69) is 26.7 Å². The third-order valence-electron chi connectivity index (χ3n) is 4.58. The van der Waals surface area contributed by atoms with E-state index in [0.29, 0.717) is 22.6 Å². The molecular formula is C21H16F4N6O. The van der Waals surface area contributed by atoms with E-state index in [-0.39, 0.29) is 23.6 Å². The van der Waals surface area contributed by atoms with Gasteiger partial charge in [0.25, 0.3) is 0 Å². The number of aromatic nitrogens is 6. The van der Waals surface area contributed by atoms with Crippen LogP contribution in [0.4, 0.5) is 17.6 Å². The summed E-state index contributed by atoms with van der Waals surface area (Å²) in [5, 5.41) is 8.89. The predicted molar refractivity (Wildman–Crippen MR) is 108 cm³/mol. The molecule has 164 valence electrons. The summed E-state index contributed by atoms with van der Waals surface area (Å²) in [5.74, 6) is -0.218. The molecule has 11 heteroatoms. The highest BCUT2D eigenvalue weighted by Crippen LogP contribution is 2.38. The van der Waals surface area contributed by atoms with Crippen LogP contribution in [0.5, 0.6) is 5.75 Å². The summed E-state index contributed by atoms with van der Waals surface area (Å²) >= 11 is 0.